The average molecular weight is 350 g/mol. The van der Waals surface area contributed by atoms with E-state index in [4.69, 9.17) is 11.5 Å². The van der Waals surface area contributed by atoms with Gasteiger partial charge < -0.3 is 11.5 Å². The molecule has 106 valence electrons. The van der Waals surface area contributed by atoms with Crippen molar-refractivity contribution in [3.8, 4) is 0 Å². The van der Waals surface area contributed by atoms with Crippen LogP contribution in [-0.4, -0.2) is 20.9 Å². The minimum absolute atomic E-state index is 0.0994. The molecule has 1 rings (SSSR count). The molecule has 8 heteroatoms. The van der Waals surface area contributed by atoms with Gasteiger partial charge in [0.2, 0.25) is 15.9 Å². The summed E-state index contributed by atoms with van der Waals surface area (Å²) in [6, 6.07) is 4.57. The van der Waals surface area contributed by atoms with E-state index in [1.54, 1.807) is 12.1 Å². The molecule has 6 nitrogen and oxygen atoms in total. The lowest BCUT2D eigenvalue weighted by atomic mass is 10.2. The number of halogens is 1. The molecule has 1 aromatic carbocycles. The van der Waals surface area contributed by atoms with Crippen molar-refractivity contribution in [1.82, 2.24) is 4.72 Å². The zero-order valence-electron chi connectivity index (χ0n) is 10.2. The molecule has 0 atom stereocenters. The van der Waals surface area contributed by atoms with E-state index in [1.165, 1.54) is 6.07 Å². The number of nitrogen functional groups attached to an aromatic ring is 1. The molecule has 0 saturated heterocycles. The van der Waals surface area contributed by atoms with E-state index in [9.17, 15) is 13.2 Å². The van der Waals surface area contributed by atoms with Crippen LogP contribution in [0.15, 0.2) is 27.6 Å². The van der Waals surface area contributed by atoms with Crippen molar-refractivity contribution in [2.24, 2.45) is 5.73 Å². The molecule has 5 N–H and O–H groups in total. The number of nitrogens with one attached hydrogen (secondary N) is 1. The maximum atomic E-state index is 12.0. The van der Waals surface area contributed by atoms with Gasteiger partial charge >= 0.3 is 0 Å². The minimum Gasteiger partial charge on any atom is -0.399 e. The lowest BCUT2D eigenvalue weighted by molar-refractivity contribution is -0.118. The summed E-state index contributed by atoms with van der Waals surface area (Å²) in [5.41, 5.74) is 10.9. The number of nitrogens with two attached hydrogens (primary N) is 2. The Labute approximate surface area is 120 Å². The molecule has 0 radical (unpaired) electrons. The molecule has 0 aromatic heterocycles. The van der Waals surface area contributed by atoms with Crippen molar-refractivity contribution < 1.29 is 13.2 Å². The zero-order valence-corrected chi connectivity index (χ0v) is 12.6. The number of amides is 1. The minimum atomic E-state index is -3.61. The largest absolute Gasteiger partial charge is 0.399 e. The first-order valence-corrected chi connectivity index (χ1v) is 7.93. The van der Waals surface area contributed by atoms with E-state index >= 15 is 0 Å². The summed E-state index contributed by atoms with van der Waals surface area (Å²) in [7, 11) is -3.61. The fourth-order valence-corrected chi connectivity index (χ4v) is 3.50. The monoisotopic (exact) mass is 349 g/mol. The highest BCUT2D eigenvalue weighted by atomic mass is 79.9. The predicted octanol–water partition coefficient (Wildman–Crippen LogP) is 0.965. The van der Waals surface area contributed by atoms with Gasteiger partial charge in [-0.15, -0.1) is 0 Å². The van der Waals surface area contributed by atoms with E-state index in [2.05, 4.69) is 20.7 Å². The second kappa shape index (κ2) is 6.88. The van der Waals surface area contributed by atoms with Crippen LogP contribution in [0.3, 0.4) is 0 Å². The van der Waals surface area contributed by atoms with Crippen LogP contribution in [0.2, 0.25) is 0 Å². The predicted molar refractivity (Wildman–Crippen MR) is 76.8 cm³/mol. The fraction of sp³-hybridized carbons (Fsp3) is 0.364. The lowest BCUT2D eigenvalue weighted by Crippen LogP contribution is -2.25. The number of sulfonamides is 1. The third kappa shape index (κ3) is 5.17. The Kier molecular flexibility index (Phi) is 5.77. The van der Waals surface area contributed by atoms with E-state index in [-0.39, 0.29) is 23.8 Å². The second-order valence-corrected chi connectivity index (χ2v) is 6.60. The number of anilines is 1. The van der Waals surface area contributed by atoms with Gasteiger partial charge in [0, 0.05) is 23.1 Å². The molecule has 0 heterocycles. The first-order chi connectivity index (χ1) is 8.83. The lowest BCUT2D eigenvalue weighted by Gasteiger charge is -2.09. The summed E-state index contributed by atoms with van der Waals surface area (Å²) < 4.78 is 26.9. The smallest absolute Gasteiger partial charge is 0.241 e. The molecule has 0 bridgehead atoms. The van der Waals surface area contributed by atoms with Crippen molar-refractivity contribution in [3.05, 3.63) is 22.7 Å². The van der Waals surface area contributed by atoms with Gasteiger partial charge in [0.15, 0.2) is 0 Å². The van der Waals surface area contributed by atoms with Crippen molar-refractivity contribution in [2.45, 2.75) is 24.2 Å². The van der Waals surface area contributed by atoms with Gasteiger partial charge in [0.25, 0.3) is 0 Å². The van der Waals surface area contributed by atoms with Crippen LogP contribution in [0, 0.1) is 0 Å². The third-order valence-electron chi connectivity index (χ3n) is 2.39. The molecular formula is C11H16BrN3O3S. The van der Waals surface area contributed by atoms with Crippen LogP contribution in [0.25, 0.3) is 0 Å². The zero-order chi connectivity index (χ0) is 14.5. The first-order valence-electron chi connectivity index (χ1n) is 5.66. The van der Waals surface area contributed by atoms with Crippen molar-refractivity contribution in [3.63, 3.8) is 0 Å². The van der Waals surface area contributed by atoms with Gasteiger partial charge in [-0.3, -0.25) is 4.79 Å². The van der Waals surface area contributed by atoms with E-state index in [1.807, 2.05) is 0 Å². The number of rotatable bonds is 7. The van der Waals surface area contributed by atoms with E-state index in [0.717, 1.165) is 0 Å². The fourth-order valence-electron chi connectivity index (χ4n) is 1.43. The molecule has 1 aromatic rings. The average Bonchev–Trinajstić information content (AvgIpc) is 2.31. The molecule has 0 fully saturated rings. The van der Waals surface area contributed by atoms with Crippen LogP contribution in [-0.2, 0) is 14.8 Å². The number of unbranched alkanes of at least 4 members (excludes halogenated alkanes) is 1. The highest BCUT2D eigenvalue weighted by Gasteiger charge is 2.17. The third-order valence-corrected chi connectivity index (χ3v) is 4.84. The standard InChI is InChI=1S/C11H16BrN3O3S/c12-9-5-4-8(13)7-10(9)19(17,18)15-6-2-1-3-11(14)16/h4-5,7,15H,1-3,6,13H2,(H2,14,16). The quantitative estimate of drug-likeness (QED) is 0.502. The number of benzene rings is 1. The van der Waals surface area contributed by atoms with Crippen LogP contribution in [0.1, 0.15) is 19.3 Å². The van der Waals surface area contributed by atoms with Crippen LogP contribution in [0.5, 0.6) is 0 Å². The Hall–Kier alpha value is -1.12. The van der Waals surface area contributed by atoms with Gasteiger partial charge in [-0.1, -0.05) is 0 Å². The summed E-state index contributed by atoms with van der Waals surface area (Å²) in [6.07, 6.45) is 1.35. The van der Waals surface area contributed by atoms with E-state index in [0.29, 0.717) is 23.0 Å². The van der Waals surface area contributed by atoms with Crippen molar-refractivity contribution in [1.29, 1.82) is 0 Å². The van der Waals surface area contributed by atoms with Gasteiger partial charge in [0.05, 0.1) is 4.90 Å². The van der Waals surface area contributed by atoms with Gasteiger partial charge in [-0.25, -0.2) is 13.1 Å². The highest BCUT2D eigenvalue weighted by molar-refractivity contribution is 9.10. The Balaban J connectivity index is 2.61. The summed E-state index contributed by atoms with van der Waals surface area (Å²) in [5, 5.41) is 0. The molecule has 0 saturated carbocycles. The molecule has 19 heavy (non-hydrogen) atoms. The molecule has 0 unspecified atom stereocenters. The van der Waals surface area contributed by atoms with E-state index < -0.39 is 10.0 Å². The molecule has 0 spiro atoms. The maximum Gasteiger partial charge on any atom is 0.241 e. The van der Waals surface area contributed by atoms with Crippen LogP contribution in [0.4, 0.5) is 5.69 Å². The topological polar surface area (TPSA) is 115 Å². The Morgan fingerprint density at radius 2 is 2.00 bits per heavy atom. The van der Waals surface area contributed by atoms with Crippen LogP contribution >= 0.6 is 15.9 Å². The highest BCUT2D eigenvalue weighted by Crippen LogP contribution is 2.23. The number of hydrogen-bond acceptors (Lipinski definition) is 4. The Bertz CT molecular complexity index is 560. The number of carbonyl (C=O) groups excluding carboxylic acids is 1. The molecule has 1 amide bonds. The van der Waals surface area contributed by atoms with Crippen molar-refractivity contribution >= 4 is 37.5 Å². The van der Waals surface area contributed by atoms with Gasteiger partial charge in [-0.05, 0) is 47.0 Å². The van der Waals surface area contributed by atoms with Crippen molar-refractivity contribution in [2.75, 3.05) is 12.3 Å². The van der Waals surface area contributed by atoms with Gasteiger partial charge in [0.1, 0.15) is 0 Å². The second-order valence-electron chi connectivity index (χ2n) is 4.01. The maximum absolute atomic E-state index is 12.0. The Morgan fingerprint density at radius 3 is 2.63 bits per heavy atom. The number of primary amides is 1. The molecule has 0 aliphatic heterocycles. The summed E-state index contributed by atoms with van der Waals surface area (Å²) in [6.45, 7) is 0.247. The van der Waals surface area contributed by atoms with Gasteiger partial charge in [-0.2, -0.15) is 0 Å². The first kappa shape index (κ1) is 15.9. The summed E-state index contributed by atoms with van der Waals surface area (Å²) in [5.74, 6) is -0.388. The van der Waals surface area contributed by atoms with Crippen LogP contribution < -0.4 is 16.2 Å². The molecule has 0 aliphatic rings. The number of carbonyl (C=O) groups is 1. The SMILES string of the molecule is NC(=O)CCCCNS(=O)(=O)c1cc(N)ccc1Br. The summed E-state index contributed by atoms with van der Waals surface area (Å²) >= 11 is 3.17. The normalized spacial score (nSPS) is 11.4. The number of hydrogen-bond donors (Lipinski definition) is 3. The summed E-state index contributed by atoms with van der Waals surface area (Å²) in [4.78, 5) is 10.6. The molecule has 0 aliphatic carbocycles. The Morgan fingerprint density at radius 1 is 1.32 bits per heavy atom. The molecular weight excluding hydrogens is 334 g/mol.